The Balaban J connectivity index is 1.56. The van der Waals surface area contributed by atoms with Crippen molar-refractivity contribution in [2.45, 2.75) is 13.0 Å². The monoisotopic (exact) mass is 289 g/mol. The Morgan fingerprint density at radius 1 is 1.38 bits per heavy atom. The minimum Gasteiger partial charge on any atom is -0.493 e. The number of ether oxygens (including phenoxy) is 3. The molecule has 6 heteroatoms. The van der Waals surface area contributed by atoms with Gasteiger partial charge in [-0.05, 0) is 23.8 Å². The maximum Gasteiger partial charge on any atom is 0.231 e. The third kappa shape index (κ3) is 3.11. The predicted molar refractivity (Wildman–Crippen MR) is 77.7 cm³/mol. The van der Waals surface area contributed by atoms with Gasteiger partial charge in [0.15, 0.2) is 11.5 Å². The van der Waals surface area contributed by atoms with Gasteiger partial charge in [-0.3, -0.25) is 4.68 Å². The van der Waals surface area contributed by atoms with Gasteiger partial charge in [-0.1, -0.05) is 0 Å². The molecule has 0 atom stereocenters. The van der Waals surface area contributed by atoms with Gasteiger partial charge in [0.25, 0.3) is 0 Å². The summed E-state index contributed by atoms with van der Waals surface area (Å²) < 4.78 is 17.9. The molecule has 0 aliphatic carbocycles. The van der Waals surface area contributed by atoms with Gasteiger partial charge in [0.05, 0.1) is 12.8 Å². The van der Waals surface area contributed by atoms with Crippen molar-refractivity contribution in [1.82, 2.24) is 15.1 Å². The van der Waals surface area contributed by atoms with Gasteiger partial charge in [-0.15, -0.1) is 0 Å². The standard InChI is InChI=1S/C15H19N3O3/c1-18-6-4-12(17-18)3-5-16-9-11-7-13(19-2)15-14(8-11)20-10-21-15/h4,6-8,16H,3,5,9-10H2,1-2H3. The smallest absolute Gasteiger partial charge is 0.231 e. The molecule has 0 saturated carbocycles. The average molecular weight is 289 g/mol. The van der Waals surface area contributed by atoms with Gasteiger partial charge < -0.3 is 19.5 Å². The summed E-state index contributed by atoms with van der Waals surface area (Å²) in [6, 6.07) is 5.99. The van der Waals surface area contributed by atoms with Crippen molar-refractivity contribution in [3.63, 3.8) is 0 Å². The van der Waals surface area contributed by atoms with Crippen LogP contribution in [0.4, 0.5) is 0 Å². The summed E-state index contributed by atoms with van der Waals surface area (Å²) in [6.07, 6.45) is 2.86. The quantitative estimate of drug-likeness (QED) is 0.817. The van der Waals surface area contributed by atoms with E-state index in [-0.39, 0.29) is 6.79 Å². The molecule has 1 aromatic carbocycles. The van der Waals surface area contributed by atoms with Crippen LogP contribution in [0.25, 0.3) is 0 Å². The van der Waals surface area contributed by atoms with Gasteiger partial charge in [0.2, 0.25) is 12.5 Å². The molecule has 1 aliphatic rings. The van der Waals surface area contributed by atoms with Crippen molar-refractivity contribution in [3.8, 4) is 17.2 Å². The van der Waals surface area contributed by atoms with E-state index in [2.05, 4.69) is 10.4 Å². The molecule has 0 bridgehead atoms. The van der Waals surface area contributed by atoms with Crippen LogP contribution < -0.4 is 19.5 Å². The van der Waals surface area contributed by atoms with Gasteiger partial charge in [0, 0.05) is 32.8 Å². The summed E-state index contributed by atoms with van der Waals surface area (Å²) in [5.74, 6) is 2.15. The number of benzene rings is 1. The van der Waals surface area contributed by atoms with Crippen LogP contribution in [-0.2, 0) is 20.0 Å². The first kappa shape index (κ1) is 13.8. The maximum absolute atomic E-state index is 5.42. The molecule has 2 aromatic rings. The summed E-state index contributed by atoms with van der Waals surface area (Å²) in [5.41, 5.74) is 2.20. The average Bonchev–Trinajstić information content (AvgIpc) is 3.11. The molecule has 1 aliphatic heterocycles. The largest absolute Gasteiger partial charge is 0.493 e. The van der Waals surface area contributed by atoms with Crippen LogP contribution in [0.1, 0.15) is 11.3 Å². The lowest BCUT2D eigenvalue weighted by Gasteiger charge is -2.09. The van der Waals surface area contributed by atoms with E-state index in [1.54, 1.807) is 7.11 Å². The fourth-order valence-corrected chi connectivity index (χ4v) is 2.33. The number of nitrogens with one attached hydrogen (secondary N) is 1. The highest BCUT2D eigenvalue weighted by molar-refractivity contribution is 5.55. The Labute approximate surface area is 123 Å². The van der Waals surface area contributed by atoms with Crippen LogP contribution in [0.15, 0.2) is 24.4 Å². The predicted octanol–water partition coefficient (Wildman–Crippen LogP) is 1.49. The molecule has 21 heavy (non-hydrogen) atoms. The number of nitrogens with zero attached hydrogens (tertiary/aromatic N) is 2. The molecule has 0 radical (unpaired) electrons. The zero-order valence-electron chi connectivity index (χ0n) is 12.3. The van der Waals surface area contributed by atoms with Crippen LogP contribution in [0, 0.1) is 0 Å². The highest BCUT2D eigenvalue weighted by Gasteiger charge is 2.19. The summed E-state index contributed by atoms with van der Waals surface area (Å²) in [4.78, 5) is 0. The van der Waals surface area contributed by atoms with Gasteiger partial charge >= 0.3 is 0 Å². The lowest BCUT2D eigenvalue weighted by molar-refractivity contribution is 0.171. The van der Waals surface area contributed by atoms with Crippen LogP contribution >= 0.6 is 0 Å². The van der Waals surface area contributed by atoms with Crippen molar-refractivity contribution in [2.75, 3.05) is 20.4 Å². The van der Waals surface area contributed by atoms with E-state index in [0.717, 1.165) is 36.5 Å². The minimum atomic E-state index is 0.252. The van der Waals surface area contributed by atoms with Gasteiger partial charge in [-0.25, -0.2) is 0 Å². The summed E-state index contributed by atoms with van der Waals surface area (Å²) in [5, 5.41) is 7.75. The normalized spacial score (nSPS) is 12.7. The fourth-order valence-electron chi connectivity index (χ4n) is 2.33. The molecule has 0 unspecified atom stereocenters. The van der Waals surface area contributed by atoms with E-state index in [0.29, 0.717) is 11.5 Å². The van der Waals surface area contributed by atoms with E-state index >= 15 is 0 Å². The van der Waals surface area contributed by atoms with E-state index < -0.39 is 0 Å². The highest BCUT2D eigenvalue weighted by atomic mass is 16.7. The molecule has 1 N–H and O–H groups in total. The number of fused-ring (bicyclic) bond motifs is 1. The summed E-state index contributed by atoms with van der Waals surface area (Å²) >= 11 is 0. The Bertz CT molecular complexity index is 625. The zero-order chi connectivity index (χ0) is 14.7. The van der Waals surface area contributed by atoms with Crippen LogP contribution in [-0.4, -0.2) is 30.2 Å². The number of methoxy groups -OCH3 is 1. The number of aromatic nitrogens is 2. The Kier molecular flexibility index (Phi) is 3.96. The SMILES string of the molecule is COc1cc(CNCCc2ccn(C)n2)cc2c1OCO2. The second-order valence-electron chi connectivity index (χ2n) is 4.94. The number of aryl methyl sites for hydroxylation is 1. The third-order valence-corrected chi connectivity index (χ3v) is 3.37. The maximum atomic E-state index is 5.42. The third-order valence-electron chi connectivity index (χ3n) is 3.37. The molecule has 2 heterocycles. The lowest BCUT2D eigenvalue weighted by Crippen LogP contribution is -2.17. The van der Waals surface area contributed by atoms with Crippen molar-refractivity contribution >= 4 is 0 Å². The summed E-state index contributed by atoms with van der Waals surface area (Å²) in [6.45, 7) is 1.87. The van der Waals surface area contributed by atoms with Crippen molar-refractivity contribution in [3.05, 3.63) is 35.7 Å². The topological polar surface area (TPSA) is 57.5 Å². The first-order valence-corrected chi connectivity index (χ1v) is 6.92. The number of hydrogen-bond acceptors (Lipinski definition) is 5. The van der Waals surface area contributed by atoms with E-state index in [1.165, 1.54) is 0 Å². The van der Waals surface area contributed by atoms with Crippen molar-refractivity contribution in [2.24, 2.45) is 7.05 Å². The Morgan fingerprint density at radius 3 is 3.05 bits per heavy atom. The molecule has 0 fully saturated rings. The van der Waals surface area contributed by atoms with E-state index in [9.17, 15) is 0 Å². The molecular weight excluding hydrogens is 270 g/mol. The molecule has 0 amide bonds. The molecule has 1 aromatic heterocycles. The van der Waals surface area contributed by atoms with Gasteiger partial charge in [-0.2, -0.15) is 5.10 Å². The molecular formula is C15H19N3O3. The Morgan fingerprint density at radius 2 is 2.29 bits per heavy atom. The van der Waals surface area contributed by atoms with Crippen LogP contribution in [0.2, 0.25) is 0 Å². The molecule has 0 saturated heterocycles. The number of hydrogen-bond donors (Lipinski definition) is 1. The molecule has 0 spiro atoms. The van der Waals surface area contributed by atoms with E-state index in [4.69, 9.17) is 14.2 Å². The van der Waals surface area contributed by atoms with E-state index in [1.807, 2.05) is 36.1 Å². The first-order valence-electron chi connectivity index (χ1n) is 6.92. The first-order chi connectivity index (χ1) is 10.3. The van der Waals surface area contributed by atoms with Crippen LogP contribution in [0.5, 0.6) is 17.2 Å². The molecule has 3 rings (SSSR count). The number of rotatable bonds is 6. The second kappa shape index (κ2) is 6.05. The fraction of sp³-hybridized carbons (Fsp3) is 0.400. The zero-order valence-corrected chi connectivity index (χ0v) is 12.3. The lowest BCUT2D eigenvalue weighted by atomic mass is 10.2. The second-order valence-corrected chi connectivity index (χ2v) is 4.94. The Hall–Kier alpha value is -2.21. The van der Waals surface area contributed by atoms with Gasteiger partial charge in [0.1, 0.15) is 0 Å². The van der Waals surface area contributed by atoms with Crippen molar-refractivity contribution < 1.29 is 14.2 Å². The molecule has 112 valence electrons. The van der Waals surface area contributed by atoms with Crippen LogP contribution in [0.3, 0.4) is 0 Å². The minimum absolute atomic E-state index is 0.252. The van der Waals surface area contributed by atoms with Crippen molar-refractivity contribution in [1.29, 1.82) is 0 Å². The highest BCUT2D eigenvalue weighted by Crippen LogP contribution is 2.41. The summed E-state index contributed by atoms with van der Waals surface area (Å²) in [7, 11) is 3.56. The molecule has 6 nitrogen and oxygen atoms in total.